The van der Waals surface area contributed by atoms with Crippen LogP contribution in [0.25, 0.3) is 0 Å². The van der Waals surface area contributed by atoms with Crippen molar-refractivity contribution in [3.63, 3.8) is 0 Å². The molecule has 0 heterocycles. The molecule has 0 saturated heterocycles. The van der Waals surface area contributed by atoms with Gasteiger partial charge in [0.15, 0.2) is 0 Å². The Morgan fingerprint density at radius 1 is 1.12 bits per heavy atom. The van der Waals surface area contributed by atoms with Gasteiger partial charge >= 0.3 is 51.4 Å². The Morgan fingerprint density at radius 3 is 1.12 bits per heavy atom. The third-order valence-corrected chi connectivity index (χ3v) is 0. The maximum absolute atomic E-state index is 8.52. The van der Waals surface area contributed by atoms with Gasteiger partial charge in [0.1, 0.15) is 0 Å². The Hall–Kier alpha value is 1.56. The van der Waals surface area contributed by atoms with Crippen molar-refractivity contribution in [2.75, 3.05) is 7.11 Å². The molecular weight excluding hydrogens is 131 g/mol. The molecule has 0 aromatic rings. The maximum Gasteiger partial charge on any atom is 1.00 e. The van der Waals surface area contributed by atoms with Gasteiger partial charge in [0.2, 0.25) is 0 Å². The molecule has 0 aromatic carbocycles. The molecule has 0 radical (unpaired) electrons. The van der Waals surface area contributed by atoms with Crippen LogP contribution in [0.1, 0.15) is 22.2 Å². The fourth-order valence-electron chi connectivity index (χ4n) is 0. The summed E-state index contributed by atoms with van der Waals surface area (Å²) in [6, 6.07) is 0. The van der Waals surface area contributed by atoms with Crippen LogP contribution in [0.5, 0.6) is 0 Å². The van der Waals surface area contributed by atoms with E-state index in [2.05, 4.69) is 0 Å². The summed E-state index contributed by atoms with van der Waals surface area (Å²) < 4.78 is 0. The summed E-state index contributed by atoms with van der Waals surface area (Å²) in [7, 11) is 1.00. The Morgan fingerprint density at radius 2 is 1.12 bits per heavy atom. The molecule has 0 rings (SSSR count). The zero-order valence-electron chi connectivity index (χ0n) is 7.39. The number of hydrogen-bond donors (Lipinski definition) is 2. The van der Waals surface area contributed by atoms with Gasteiger partial charge in [-0.2, -0.15) is 0 Å². The Kier molecular flexibility index (Phi) is 17.4. The fraction of sp³-hybridized carbons (Fsp3) is 1.00. The van der Waals surface area contributed by atoms with E-state index in [-0.39, 0.29) is 52.8 Å². The Labute approximate surface area is 95.2 Å². The summed E-state index contributed by atoms with van der Waals surface area (Å²) in [5.41, 5.74) is -0.500. The first kappa shape index (κ1) is 16.3. The van der Waals surface area contributed by atoms with Crippen molar-refractivity contribution < 1.29 is 63.0 Å². The zero-order valence-corrected chi connectivity index (χ0v) is 9.52. The standard InChI is InChI=1S/C4H10O.CH4O.K.H/c1-4(2,3)5;1-2;;/h5H,1-3H3;2H,1H3;;/q;;+1;-1. The van der Waals surface area contributed by atoms with Gasteiger partial charge in [0, 0.05) is 7.11 Å². The topological polar surface area (TPSA) is 40.5 Å². The summed E-state index contributed by atoms with van der Waals surface area (Å²) in [5, 5.41) is 15.5. The van der Waals surface area contributed by atoms with E-state index in [9.17, 15) is 0 Å². The van der Waals surface area contributed by atoms with E-state index in [1.54, 1.807) is 20.8 Å². The average molecular weight is 146 g/mol. The van der Waals surface area contributed by atoms with E-state index in [4.69, 9.17) is 10.2 Å². The Balaban J connectivity index is -0.0000000286. The minimum absolute atomic E-state index is 0. The molecule has 48 valence electrons. The van der Waals surface area contributed by atoms with Gasteiger partial charge in [-0.3, -0.25) is 0 Å². The predicted octanol–water partition coefficient (Wildman–Crippen LogP) is -2.50. The summed E-state index contributed by atoms with van der Waals surface area (Å²) in [6.45, 7) is 5.23. The molecular formula is C5H15KO2. The van der Waals surface area contributed by atoms with E-state index in [0.29, 0.717) is 0 Å². The minimum atomic E-state index is -0.500. The van der Waals surface area contributed by atoms with E-state index >= 15 is 0 Å². The van der Waals surface area contributed by atoms with Gasteiger partial charge in [-0.05, 0) is 20.8 Å². The molecule has 0 aliphatic heterocycles. The molecule has 0 bridgehead atoms. The van der Waals surface area contributed by atoms with E-state index < -0.39 is 5.60 Å². The smallest absolute Gasteiger partial charge is 1.00 e. The first-order chi connectivity index (χ1) is 3.00. The summed E-state index contributed by atoms with van der Waals surface area (Å²) in [5.74, 6) is 0. The van der Waals surface area contributed by atoms with Crippen molar-refractivity contribution in [2.45, 2.75) is 26.4 Å². The molecule has 0 unspecified atom stereocenters. The molecule has 0 fully saturated rings. The molecule has 0 aliphatic carbocycles. The van der Waals surface area contributed by atoms with E-state index in [0.717, 1.165) is 7.11 Å². The van der Waals surface area contributed by atoms with Crippen LogP contribution in [0.4, 0.5) is 0 Å². The predicted molar refractivity (Wildman–Crippen MR) is 31.2 cm³/mol. The van der Waals surface area contributed by atoms with E-state index in [1.165, 1.54) is 0 Å². The minimum Gasteiger partial charge on any atom is -1.00 e. The second-order valence-electron chi connectivity index (χ2n) is 2.17. The van der Waals surface area contributed by atoms with Crippen LogP contribution in [0.15, 0.2) is 0 Å². The van der Waals surface area contributed by atoms with Gasteiger partial charge in [-0.25, -0.2) is 0 Å². The summed E-state index contributed by atoms with van der Waals surface area (Å²) in [6.07, 6.45) is 0. The molecule has 0 amide bonds. The second-order valence-corrected chi connectivity index (χ2v) is 2.17. The van der Waals surface area contributed by atoms with Gasteiger partial charge in [0.05, 0.1) is 5.60 Å². The molecule has 0 aromatic heterocycles. The molecule has 0 saturated carbocycles. The van der Waals surface area contributed by atoms with Crippen LogP contribution in [-0.4, -0.2) is 22.9 Å². The molecule has 3 heteroatoms. The van der Waals surface area contributed by atoms with Crippen molar-refractivity contribution >= 4 is 0 Å². The largest absolute Gasteiger partial charge is 1.00 e. The second kappa shape index (κ2) is 8.56. The molecule has 2 N–H and O–H groups in total. The monoisotopic (exact) mass is 146 g/mol. The van der Waals surface area contributed by atoms with Crippen molar-refractivity contribution in [3.05, 3.63) is 0 Å². The first-order valence-electron chi connectivity index (χ1n) is 2.17. The SMILES string of the molecule is CC(C)(C)O.CO.[H-].[K+]. The molecule has 0 spiro atoms. The van der Waals surface area contributed by atoms with Crippen LogP contribution in [0, 0.1) is 0 Å². The van der Waals surface area contributed by atoms with Crippen molar-refractivity contribution in [3.8, 4) is 0 Å². The van der Waals surface area contributed by atoms with Crippen molar-refractivity contribution in [1.29, 1.82) is 0 Å². The van der Waals surface area contributed by atoms with Crippen LogP contribution in [0.2, 0.25) is 0 Å². The third-order valence-electron chi connectivity index (χ3n) is 0. The number of aliphatic hydroxyl groups excluding tert-OH is 1. The maximum atomic E-state index is 8.52. The third kappa shape index (κ3) is 134. The summed E-state index contributed by atoms with van der Waals surface area (Å²) >= 11 is 0. The normalized spacial score (nSPS) is 8.25. The molecule has 8 heavy (non-hydrogen) atoms. The number of hydrogen-bond acceptors (Lipinski definition) is 2. The zero-order chi connectivity index (χ0) is 6.50. The molecule has 2 nitrogen and oxygen atoms in total. The first-order valence-corrected chi connectivity index (χ1v) is 2.17. The molecule has 0 aliphatic rings. The van der Waals surface area contributed by atoms with Gasteiger partial charge < -0.3 is 11.6 Å². The van der Waals surface area contributed by atoms with Crippen LogP contribution >= 0.6 is 0 Å². The van der Waals surface area contributed by atoms with Gasteiger partial charge in [-0.1, -0.05) is 0 Å². The van der Waals surface area contributed by atoms with Gasteiger partial charge in [0.25, 0.3) is 0 Å². The van der Waals surface area contributed by atoms with Crippen molar-refractivity contribution in [2.24, 2.45) is 0 Å². The van der Waals surface area contributed by atoms with Crippen LogP contribution < -0.4 is 51.4 Å². The number of rotatable bonds is 0. The van der Waals surface area contributed by atoms with Crippen LogP contribution in [-0.2, 0) is 0 Å². The van der Waals surface area contributed by atoms with Crippen LogP contribution in [0.3, 0.4) is 0 Å². The summed E-state index contributed by atoms with van der Waals surface area (Å²) in [4.78, 5) is 0. The fourth-order valence-corrected chi connectivity index (χ4v) is 0. The van der Waals surface area contributed by atoms with Gasteiger partial charge in [-0.15, -0.1) is 0 Å². The Bertz CT molecular complexity index is 30.4. The van der Waals surface area contributed by atoms with E-state index in [1.807, 2.05) is 0 Å². The molecule has 0 atom stereocenters. The number of aliphatic hydroxyl groups is 2. The van der Waals surface area contributed by atoms with Crippen molar-refractivity contribution in [1.82, 2.24) is 0 Å². The average Bonchev–Trinajstić information content (AvgIpc) is 1.36. The quantitative estimate of drug-likeness (QED) is 0.371.